The zero-order valence-electron chi connectivity index (χ0n) is 9.68. The average molecular weight is 247 g/mol. The van der Waals surface area contributed by atoms with E-state index >= 15 is 0 Å². The Labute approximate surface area is 98.8 Å². The average Bonchev–Trinajstić information content (AvgIpc) is 2.24. The van der Waals surface area contributed by atoms with Crippen LogP contribution in [0.3, 0.4) is 0 Å². The Morgan fingerprint density at radius 3 is 2.59 bits per heavy atom. The summed E-state index contributed by atoms with van der Waals surface area (Å²) < 4.78 is 40.6. The van der Waals surface area contributed by atoms with E-state index < -0.39 is 12.6 Å². The minimum absolute atomic E-state index is 0.216. The maximum absolute atomic E-state index is 11.9. The third kappa shape index (κ3) is 6.28. The topological polar surface area (TPSA) is 21.3 Å². The normalized spacial score (nSPS) is 11.8. The summed E-state index contributed by atoms with van der Waals surface area (Å²) in [4.78, 5) is 0. The standard InChI is InChI=1S/C12H16F3NO/c1-16-8-10-3-2-4-11(7-10)9-17-6-5-12(13,14)15/h2-4,7,16H,5-6,8-9H2,1H3. The maximum atomic E-state index is 11.9. The lowest BCUT2D eigenvalue weighted by molar-refractivity contribution is -0.146. The van der Waals surface area contributed by atoms with Crippen LogP contribution in [0.2, 0.25) is 0 Å². The summed E-state index contributed by atoms with van der Waals surface area (Å²) >= 11 is 0. The number of alkyl halides is 3. The molecule has 2 nitrogen and oxygen atoms in total. The molecule has 0 heterocycles. The molecule has 0 radical (unpaired) electrons. The smallest absolute Gasteiger partial charge is 0.376 e. The summed E-state index contributed by atoms with van der Waals surface area (Å²) in [6, 6.07) is 7.58. The molecule has 17 heavy (non-hydrogen) atoms. The Kier molecular flexibility index (Phi) is 5.44. The molecule has 5 heteroatoms. The molecule has 0 bridgehead atoms. The van der Waals surface area contributed by atoms with Crippen LogP contribution in [-0.4, -0.2) is 19.8 Å². The van der Waals surface area contributed by atoms with Gasteiger partial charge in [0.2, 0.25) is 0 Å². The van der Waals surface area contributed by atoms with Crippen molar-refractivity contribution in [2.75, 3.05) is 13.7 Å². The van der Waals surface area contributed by atoms with Crippen LogP contribution in [0.15, 0.2) is 24.3 Å². The molecule has 0 saturated carbocycles. The second-order valence-corrected chi connectivity index (χ2v) is 3.77. The van der Waals surface area contributed by atoms with Gasteiger partial charge in [-0.3, -0.25) is 0 Å². The predicted molar refractivity (Wildman–Crippen MR) is 59.5 cm³/mol. The van der Waals surface area contributed by atoms with Gasteiger partial charge >= 0.3 is 6.18 Å². The molecule has 1 aromatic carbocycles. The molecule has 0 atom stereocenters. The molecular formula is C12H16F3NO. The molecule has 96 valence electrons. The van der Waals surface area contributed by atoms with Crippen LogP contribution in [0, 0.1) is 0 Å². The number of ether oxygens (including phenoxy) is 1. The summed E-state index contributed by atoms with van der Waals surface area (Å²) in [5, 5.41) is 3.01. The molecular weight excluding hydrogens is 231 g/mol. The van der Waals surface area contributed by atoms with Crippen LogP contribution in [0.1, 0.15) is 17.5 Å². The van der Waals surface area contributed by atoms with Crippen molar-refractivity contribution < 1.29 is 17.9 Å². The first kappa shape index (κ1) is 14.0. The van der Waals surface area contributed by atoms with Gasteiger partial charge in [-0.1, -0.05) is 24.3 Å². The van der Waals surface area contributed by atoms with Gasteiger partial charge in [-0.25, -0.2) is 0 Å². The second kappa shape index (κ2) is 6.61. The van der Waals surface area contributed by atoms with Gasteiger partial charge in [-0.05, 0) is 18.2 Å². The van der Waals surface area contributed by atoms with E-state index in [9.17, 15) is 13.2 Å². The molecule has 0 aliphatic rings. The summed E-state index contributed by atoms with van der Waals surface area (Å²) in [5.41, 5.74) is 1.98. The number of hydrogen-bond acceptors (Lipinski definition) is 2. The molecule has 0 saturated heterocycles. The van der Waals surface area contributed by atoms with Gasteiger partial charge in [0.15, 0.2) is 0 Å². The summed E-state index contributed by atoms with van der Waals surface area (Å²) in [6.45, 7) is 0.657. The summed E-state index contributed by atoms with van der Waals surface area (Å²) in [5.74, 6) is 0. The monoisotopic (exact) mass is 247 g/mol. The van der Waals surface area contributed by atoms with E-state index in [0.29, 0.717) is 0 Å². The minimum atomic E-state index is -4.14. The lowest BCUT2D eigenvalue weighted by Gasteiger charge is -2.08. The number of benzene rings is 1. The van der Waals surface area contributed by atoms with Crippen molar-refractivity contribution in [3.05, 3.63) is 35.4 Å². The third-order valence-electron chi connectivity index (χ3n) is 2.17. The minimum Gasteiger partial charge on any atom is -0.376 e. The Bertz CT molecular complexity index is 339. The van der Waals surface area contributed by atoms with Crippen molar-refractivity contribution in [1.29, 1.82) is 0 Å². The van der Waals surface area contributed by atoms with Gasteiger partial charge < -0.3 is 10.1 Å². The summed E-state index contributed by atoms with van der Waals surface area (Å²) in [7, 11) is 1.84. The Balaban J connectivity index is 2.34. The van der Waals surface area contributed by atoms with Crippen LogP contribution >= 0.6 is 0 Å². The molecule has 0 fully saturated rings. The van der Waals surface area contributed by atoms with Crippen LogP contribution in [0.4, 0.5) is 13.2 Å². The van der Waals surface area contributed by atoms with Gasteiger partial charge in [-0.15, -0.1) is 0 Å². The van der Waals surface area contributed by atoms with Gasteiger partial charge in [0, 0.05) is 6.54 Å². The van der Waals surface area contributed by atoms with Crippen molar-refractivity contribution in [3.8, 4) is 0 Å². The van der Waals surface area contributed by atoms with Gasteiger partial charge in [-0.2, -0.15) is 13.2 Å². The fourth-order valence-electron chi connectivity index (χ4n) is 1.41. The maximum Gasteiger partial charge on any atom is 0.391 e. The quantitative estimate of drug-likeness (QED) is 0.780. The first-order chi connectivity index (χ1) is 8.01. The predicted octanol–water partition coefficient (Wildman–Crippen LogP) is 2.88. The van der Waals surface area contributed by atoms with Crippen LogP contribution in [-0.2, 0) is 17.9 Å². The highest BCUT2D eigenvalue weighted by Gasteiger charge is 2.26. The number of rotatable bonds is 6. The van der Waals surface area contributed by atoms with Crippen molar-refractivity contribution in [3.63, 3.8) is 0 Å². The SMILES string of the molecule is CNCc1cccc(COCCC(F)(F)F)c1. The number of halogens is 3. The van der Waals surface area contributed by atoms with Gasteiger partial charge in [0.1, 0.15) is 0 Å². The number of nitrogens with one attached hydrogen (secondary N) is 1. The molecule has 0 amide bonds. The van der Waals surface area contributed by atoms with E-state index in [0.717, 1.165) is 17.7 Å². The van der Waals surface area contributed by atoms with E-state index in [-0.39, 0.29) is 13.2 Å². The molecule has 0 aliphatic heterocycles. The van der Waals surface area contributed by atoms with Crippen LogP contribution < -0.4 is 5.32 Å². The molecule has 1 aromatic rings. The molecule has 0 aliphatic carbocycles. The van der Waals surface area contributed by atoms with E-state index in [1.54, 1.807) is 0 Å². The molecule has 1 rings (SSSR count). The molecule has 1 N–H and O–H groups in total. The van der Waals surface area contributed by atoms with Crippen LogP contribution in [0.25, 0.3) is 0 Å². The Morgan fingerprint density at radius 1 is 1.24 bits per heavy atom. The van der Waals surface area contributed by atoms with Gasteiger partial charge in [0.25, 0.3) is 0 Å². The molecule has 0 spiro atoms. The highest BCUT2D eigenvalue weighted by Crippen LogP contribution is 2.19. The molecule has 0 unspecified atom stereocenters. The van der Waals surface area contributed by atoms with Crippen molar-refractivity contribution in [2.24, 2.45) is 0 Å². The first-order valence-corrected chi connectivity index (χ1v) is 5.38. The van der Waals surface area contributed by atoms with E-state index in [4.69, 9.17) is 4.74 Å². The van der Waals surface area contributed by atoms with Crippen molar-refractivity contribution in [1.82, 2.24) is 5.32 Å². The first-order valence-electron chi connectivity index (χ1n) is 5.38. The van der Waals surface area contributed by atoms with Crippen molar-refractivity contribution >= 4 is 0 Å². The Morgan fingerprint density at radius 2 is 1.94 bits per heavy atom. The lowest BCUT2D eigenvalue weighted by atomic mass is 10.1. The van der Waals surface area contributed by atoms with E-state index in [1.807, 2.05) is 31.3 Å². The zero-order valence-corrected chi connectivity index (χ0v) is 9.68. The summed E-state index contributed by atoms with van der Waals surface area (Å²) in [6.07, 6.45) is -5.04. The zero-order chi connectivity index (χ0) is 12.7. The third-order valence-corrected chi connectivity index (χ3v) is 2.17. The van der Waals surface area contributed by atoms with E-state index in [2.05, 4.69) is 5.32 Å². The largest absolute Gasteiger partial charge is 0.391 e. The second-order valence-electron chi connectivity index (χ2n) is 3.77. The highest BCUT2D eigenvalue weighted by atomic mass is 19.4. The molecule has 0 aromatic heterocycles. The fourth-order valence-corrected chi connectivity index (χ4v) is 1.41. The Hall–Kier alpha value is -1.07. The van der Waals surface area contributed by atoms with E-state index in [1.165, 1.54) is 0 Å². The van der Waals surface area contributed by atoms with Crippen molar-refractivity contribution in [2.45, 2.75) is 25.7 Å². The van der Waals surface area contributed by atoms with Gasteiger partial charge in [0.05, 0.1) is 19.6 Å². The fraction of sp³-hybridized carbons (Fsp3) is 0.500. The number of hydrogen-bond donors (Lipinski definition) is 1. The van der Waals surface area contributed by atoms with Crippen LogP contribution in [0.5, 0.6) is 0 Å². The highest BCUT2D eigenvalue weighted by molar-refractivity contribution is 5.22. The lowest BCUT2D eigenvalue weighted by Crippen LogP contribution is -2.11.